The van der Waals surface area contributed by atoms with Gasteiger partial charge in [-0.3, -0.25) is 4.79 Å². The van der Waals surface area contributed by atoms with Gasteiger partial charge in [-0.15, -0.1) is 0 Å². The largest absolute Gasteiger partial charge is 0.463 e. The van der Waals surface area contributed by atoms with Gasteiger partial charge >= 0.3 is 5.97 Å². The Hall–Kier alpha value is -5.85. The summed E-state index contributed by atoms with van der Waals surface area (Å²) in [5.41, 5.74) is 11.8. The zero-order chi connectivity index (χ0) is 39.9. The third-order valence-electron chi connectivity index (χ3n) is 18.3. The third kappa shape index (κ3) is 2.81. The van der Waals surface area contributed by atoms with Crippen molar-refractivity contribution in [3.05, 3.63) is 110 Å². The Morgan fingerprint density at radius 2 is 1.11 bits per heavy atom. The summed E-state index contributed by atoms with van der Waals surface area (Å²) < 4.78 is 22.1. The molecule has 62 heavy (non-hydrogen) atoms. The predicted octanol–water partition coefficient (Wildman–Crippen LogP) is 10.7. The van der Waals surface area contributed by atoms with E-state index in [0.29, 0.717) is 39.5 Å². The summed E-state index contributed by atoms with van der Waals surface area (Å²) in [6.45, 7) is 2.71. The highest BCUT2D eigenvalue weighted by Gasteiger charge is 2.90. The molecule has 5 nitrogen and oxygen atoms in total. The summed E-state index contributed by atoms with van der Waals surface area (Å²) in [4.78, 5) is 13.5. The highest BCUT2D eigenvalue weighted by atomic mass is 16.6. The Balaban J connectivity index is 0.901. The summed E-state index contributed by atoms with van der Waals surface area (Å²) in [5.74, 6) is -0.138. The van der Waals surface area contributed by atoms with Gasteiger partial charge in [-0.05, 0) is 202 Å². The maximum absolute atomic E-state index is 13.5. The molecule has 0 aromatic heterocycles. The Labute approximate surface area is 354 Å². The van der Waals surface area contributed by atoms with Gasteiger partial charge in [0.25, 0.3) is 0 Å². The zero-order valence-corrected chi connectivity index (χ0v) is 34.4. The molecule has 0 heterocycles. The van der Waals surface area contributed by atoms with Crippen molar-refractivity contribution in [1.29, 1.82) is 0 Å². The van der Waals surface area contributed by atoms with E-state index in [1.807, 2.05) is 0 Å². The van der Waals surface area contributed by atoms with E-state index in [-0.39, 0.29) is 28.8 Å². The fourth-order valence-corrected chi connectivity index (χ4v) is 17.1. The van der Waals surface area contributed by atoms with Crippen molar-refractivity contribution in [1.82, 2.24) is 0 Å². The Kier molecular flexibility index (Phi) is 4.99. The van der Waals surface area contributed by atoms with Crippen LogP contribution in [-0.2, 0) is 53.8 Å². The maximum Gasteiger partial charge on any atom is 0.305 e. The summed E-state index contributed by atoms with van der Waals surface area (Å²) >= 11 is 0. The number of hydrogen-bond acceptors (Lipinski definition) is 5. The van der Waals surface area contributed by atoms with E-state index in [2.05, 4.69) is 66.7 Å². The van der Waals surface area contributed by atoms with Crippen molar-refractivity contribution < 1.29 is 23.7 Å². The lowest BCUT2D eigenvalue weighted by molar-refractivity contribution is -0.145. The molecule has 0 saturated heterocycles. The van der Waals surface area contributed by atoms with Gasteiger partial charge in [0, 0.05) is 29.8 Å². The monoisotopic (exact) mass is 802 g/mol. The molecule has 1 spiro atoms. The van der Waals surface area contributed by atoms with Gasteiger partial charge in [0.1, 0.15) is 6.61 Å². The average Bonchev–Trinajstić information content (AvgIpc) is 4.01. The van der Waals surface area contributed by atoms with Gasteiger partial charge in [0.05, 0.1) is 33.0 Å². The van der Waals surface area contributed by atoms with Gasteiger partial charge in [-0.2, -0.15) is 0 Å². The van der Waals surface area contributed by atoms with Crippen molar-refractivity contribution in [3.8, 4) is 0 Å². The molecule has 1 saturated carbocycles. The summed E-state index contributed by atoms with van der Waals surface area (Å²) in [7, 11) is 1.67. The first-order chi connectivity index (χ1) is 30.6. The quantitative estimate of drug-likeness (QED) is 0.0623. The minimum atomic E-state index is -0.220. The van der Waals surface area contributed by atoms with Crippen LogP contribution in [0.5, 0.6) is 0 Å². The van der Waals surface area contributed by atoms with Crippen LogP contribution in [0.4, 0.5) is 0 Å². The molecule has 12 aromatic carbocycles. The van der Waals surface area contributed by atoms with Crippen molar-refractivity contribution >= 4 is 120 Å². The molecule has 18 rings (SSSR count). The Bertz CT molecular complexity index is 4140. The summed E-state index contributed by atoms with van der Waals surface area (Å²) in [5, 5.41) is 32.5. The molecule has 5 heteroatoms. The number of rotatable bonds is 14. The molecule has 296 valence electrons. The summed E-state index contributed by atoms with van der Waals surface area (Å²) in [6.07, 6.45) is 7.95. The van der Waals surface area contributed by atoms with E-state index >= 15 is 0 Å². The van der Waals surface area contributed by atoms with Crippen LogP contribution < -0.4 is 5.22 Å². The lowest BCUT2D eigenvalue weighted by atomic mass is 9.69. The van der Waals surface area contributed by atoms with Gasteiger partial charge in [-0.25, -0.2) is 0 Å². The molecular formula is C57H38O5. The van der Waals surface area contributed by atoms with Crippen molar-refractivity contribution in [2.75, 3.05) is 46.8 Å². The number of ether oxygens (including phenoxy) is 4. The lowest BCUT2D eigenvalue weighted by Gasteiger charge is -2.32. The first-order valence-electron chi connectivity index (χ1n) is 23.0. The Morgan fingerprint density at radius 3 is 1.89 bits per heavy atom. The SMILES string of the molecule is COCCOCCOCCOC(=O)CCCC1(c2ccccc2)C23C=c4cc5cc6cc7c8c6c6c5c5c4C21c1c2c(cc4c9c%10c(cc(c%11c%10c%10c(c1c5c6c%10c8%11)c29)C7)C4)C3. The van der Waals surface area contributed by atoms with E-state index in [1.54, 1.807) is 127 Å². The van der Waals surface area contributed by atoms with E-state index in [4.69, 9.17) is 18.9 Å². The molecule has 0 radical (unpaired) electrons. The molecule has 6 aliphatic rings. The van der Waals surface area contributed by atoms with Crippen LogP contribution >= 0.6 is 0 Å². The molecule has 0 aliphatic heterocycles. The smallest absolute Gasteiger partial charge is 0.305 e. The van der Waals surface area contributed by atoms with Crippen LogP contribution in [0.2, 0.25) is 0 Å². The fourth-order valence-electron chi connectivity index (χ4n) is 17.1. The second-order valence-corrected chi connectivity index (χ2v) is 20.2. The van der Waals surface area contributed by atoms with Crippen LogP contribution in [0.25, 0.3) is 114 Å². The molecule has 0 bridgehead atoms. The van der Waals surface area contributed by atoms with Crippen LogP contribution in [0, 0.1) is 5.41 Å². The number of methoxy groups -OCH3 is 1. The van der Waals surface area contributed by atoms with E-state index < -0.39 is 0 Å². The standard InChI is InChI=1S/C57H38O5/c1-59-10-11-60-12-13-61-14-15-62-34(58)8-5-9-56(33-6-3-2-4-7-33)55-23-31-21-29-19-27-18-28-17-25-16-26-20-30-22-32(24-55)53-51-40(30)44-36(26)35(25)42-39(28)43-37(27)38(29)45-41(31)54(57(53,55)56)52-49(45)47(43)46(42)48(44)50(51)52/h2-4,6-7,16,18,20-22,24H,5,8-15,17,19,23H2,1H3. The highest BCUT2D eigenvalue weighted by Crippen LogP contribution is 2.90. The number of esters is 1. The van der Waals surface area contributed by atoms with Crippen molar-refractivity contribution in [2.24, 2.45) is 5.41 Å². The number of carbonyl (C=O) groups is 1. The van der Waals surface area contributed by atoms with Gasteiger partial charge < -0.3 is 18.9 Å². The van der Waals surface area contributed by atoms with Crippen LogP contribution in [0.3, 0.4) is 0 Å². The minimum absolute atomic E-state index is 0.138. The molecule has 3 unspecified atom stereocenters. The second-order valence-electron chi connectivity index (χ2n) is 20.2. The number of carbonyl (C=O) groups excluding carboxylic acids is 1. The third-order valence-corrected chi connectivity index (χ3v) is 18.3. The first kappa shape index (κ1) is 31.9. The predicted molar refractivity (Wildman–Crippen MR) is 247 cm³/mol. The normalized spacial score (nSPS) is 23.2. The van der Waals surface area contributed by atoms with Crippen LogP contribution in [0.1, 0.15) is 63.8 Å². The molecule has 6 aliphatic carbocycles. The van der Waals surface area contributed by atoms with Gasteiger partial charge in [0.2, 0.25) is 0 Å². The van der Waals surface area contributed by atoms with Crippen LogP contribution in [0.15, 0.2) is 60.7 Å². The first-order valence-corrected chi connectivity index (χ1v) is 23.0. The minimum Gasteiger partial charge on any atom is -0.463 e. The van der Waals surface area contributed by atoms with Gasteiger partial charge in [-0.1, -0.05) is 54.6 Å². The maximum atomic E-state index is 13.5. The Morgan fingerprint density at radius 1 is 0.548 bits per heavy atom. The number of benzene rings is 8. The highest BCUT2D eigenvalue weighted by molar-refractivity contribution is 6.62. The van der Waals surface area contributed by atoms with E-state index in [1.165, 1.54) is 37.9 Å². The molecule has 0 N–H and O–H groups in total. The molecule has 12 aromatic rings. The molecular weight excluding hydrogens is 765 g/mol. The van der Waals surface area contributed by atoms with Crippen LogP contribution in [-0.4, -0.2) is 52.7 Å². The lowest BCUT2D eigenvalue weighted by Crippen LogP contribution is -2.30. The van der Waals surface area contributed by atoms with Crippen molar-refractivity contribution in [2.45, 2.75) is 49.4 Å². The van der Waals surface area contributed by atoms with E-state index in [0.717, 1.165) is 32.1 Å². The molecule has 3 atom stereocenters. The van der Waals surface area contributed by atoms with E-state index in [9.17, 15) is 4.79 Å². The fraction of sp³-hybridized carbons (Fsp3) is 0.281. The summed E-state index contributed by atoms with van der Waals surface area (Å²) in [6, 6.07) is 24.6. The molecule has 0 amide bonds. The molecule has 1 fully saturated rings. The van der Waals surface area contributed by atoms with Gasteiger partial charge in [0.15, 0.2) is 0 Å². The second kappa shape index (κ2) is 9.70. The zero-order valence-electron chi connectivity index (χ0n) is 34.4. The topological polar surface area (TPSA) is 54.0 Å². The average molecular weight is 803 g/mol. The number of hydrogen-bond donors (Lipinski definition) is 0. The van der Waals surface area contributed by atoms with Crippen molar-refractivity contribution in [3.63, 3.8) is 0 Å².